The Morgan fingerprint density at radius 3 is 2.45 bits per heavy atom. The third kappa shape index (κ3) is 1.27. The first-order valence-corrected chi connectivity index (χ1v) is 3.10. The Labute approximate surface area is 62.5 Å². The molecule has 1 heterocycles. The van der Waals surface area contributed by atoms with E-state index in [0.717, 1.165) is 0 Å². The molecule has 0 aromatic carbocycles. The molecule has 0 bridgehead atoms. The number of carbonyl (C=O) groups excluding carboxylic acids is 1. The number of esters is 1. The van der Waals surface area contributed by atoms with Gasteiger partial charge in [-0.15, -0.1) is 0 Å². The van der Waals surface area contributed by atoms with Crippen LogP contribution in [0.25, 0.3) is 0 Å². The monoisotopic (exact) mass is 160 g/mol. The molecular formula is C6H8O5. The second-order valence-electron chi connectivity index (χ2n) is 2.14. The summed E-state index contributed by atoms with van der Waals surface area (Å²) in [7, 11) is 0. The third-order valence-corrected chi connectivity index (χ3v) is 1.38. The van der Waals surface area contributed by atoms with Crippen LogP contribution in [0.1, 0.15) is 6.42 Å². The maximum Gasteiger partial charge on any atom is 0.377 e. The highest BCUT2D eigenvalue weighted by Gasteiger charge is 2.33. The molecule has 0 spiro atoms. The summed E-state index contributed by atoms with van der Waals surface area (Å²) >= 11 is 0. The number of hydrogen-bond acceptors (Lipinski definition) is 5. The van der Waals surface area contributed by atoms with Gasteiger partial charge in [0.15, 0.2) is 11.9 Å². The molecule has 5 heteroatoms. The molecule has 0 saturated heterocycles. The van der Waals surface area contributed by atoms with E-state index < -0.39 is 23.6 Å². The molecule has 1 unspecified atom stereocenters. The number of rotatable bonds is 2. The van der Waals surface area contributed by atoms with Gasteiger partial charge in [0.2, 0.25) is 5.76 Å². The summed E-state index contributed by atoms with van der Waals surface area (Å²) < 4.78 is 4.45. The lowest BCUT2D eigenvalue weighted by Gasteiger charge is -2.05. The first-order valence-electron chi connectivity index (χ1n) is 3.10. The minimum atomic E-state index is -0.944. The van der Waals surface area contributed by atoms with Crippen LogP contribution in [0.2, 0.25) is 0 Å². The van der Waals surface area contributed by atoms with Gasteiger partial charge in [0.1, 0.15) is 0 Å². The van der Waals surface area contributed by atoms with Crippen molar-refractivity contribution in [3.05, 3.63) is 11.5 Å². The average molecular weight is 160 g/mol. The van der Waals surface area contributed by atoms with Gasteiger partial charge in [-0.3, -0.25) is 0 Å². The van der Waals surface area contributed by atoms with E-state index in [2.05, 4.69) is 4.74 Å². The van der Waals surface area contributed by atoms with E-state index >= 15 is 0 Å². The molecule has 62 valence electrons. The number of aliphatic hydroxyl groups is 3. The Morgan fingerprint density at radius 2 is 2.09 bits per heavy atom. The largest absolute Gasteiger partial charge is 0.505 e. The smallest absolute Gasteiger partial charge is 0.377 e. The lowest BCUT2D eigenvalue weighted by molar-refractivity contribution is -0.142. The normalized spacial score (nSPS) is 24.1. The van der Waals surface area contributed by atoms with Crippen LogP contribution in [0.3, 0.4) is 0 Å². The first kappa shape index (κ1) is 7.87. The zero-order valence-electron chi connectivity index (χ0n) is 5.65. The molecule has 1 aliphatic heterocycles. The predicted octanol–water partition coefficient (Wildman–Crippen LogP) is -0.378. The molecule has 0 fully saturated rings. The SMILES string of the molecule is O=C1OC(CCO)C(O)=C1O. The van der Waals surface area contributed by atoms with Gasteiger partial charge in [-0.25, -0.2) is 4.79 Å². The number of aliphatic hydroxyl groups excluding tert-OH is 3. The average Bonchev–Trinajstić information content (AvgIpc) is 2.19. The van der Waals surface area contributed by atoms with Gasteiger partial charge in [0, 0.05) is 13.0 Å². The first-order chi connectivity index (χ1) is 5.16. The highest BCUT2D eigenvalue weighted by Crippen LogP contribution is 2.20. The zero-order valence-corrected chi connectivity index (χ0v) is 5.65. The summed E-state index contributed by atoms with van der Waals surface area (Å²) in [4.78, 5) is 10.5. The van der Waals surface area contributed by atoms with E-state index in [1.54, 1.807) is 0 Å². The fourth-order valence-electron chi connectivity index (χ4n) is 0.811. The maximum absolute atomic E-state index is 10.5. The fourth-order valence-corrected chi connectivity index (χ4v) is 0.811. The Kier molecular flexibility index (Phi) is 2.00. The van der Waals surface area contributed by atoms with Crippen molar-refractivity contribution in [3.63, 3.8) is 0 Å². The fraction of sp³-hybridized carbons (Fsp3) is 0.500. The van der Waals surface area contributed by atoms with Crippen molar-refractivity contribution in [3.8, 4) is 0 Å². The molecule has 1 rings (SSSR count). The van der Waals surface area contributed by atoms with Crippen LogP contribution in [0.15, 0.2) is 11.5 Å². The predicted molar refractivity (Wildman–Crippen MR) is 33.9 cm³/mol. The van der Waals surface area contributed by atoms with E-state index in [-0.39, 0.29) is 13.0 Å². The molecule has 1 aliphatic rings. The van der Waals surface area contributed by atoms with E-state index in [1.165, 1.54) is 0 Å². The van der Waals surface area contributed by atoms with E-state index in [4.69, 9.17) is 15.3 Å². The van der Waals surface area contributed by atoms with Crippen molar-refractivity contribution in [1.82, 2.24) is 0 Å². The highest BCUT2D eigenvalue weighted by molar-refractivity contribution is 5.88. The number of hydrogen-bond donors (Lipinski definition) is 3. The van der Waals surface area contributed by atoms with Gasteiger partial charge in [-0.05, 0) is 0 Å². The van der Waals surface area contributed by atoms with Crippen LogP contribution in [0.4, 0.5) is 0 Å². The number of ether oxygens (including phenoxy) is 1. The third-order valence-electron chi connectivity index (χ3n) is 1.38. The summed E-state index contributed by atoms with van der Waals surface area (Å²) in [5.41, 5.74) is 0. The Balaban J connectivity index is 2.69. The van der Waals surface area contributed by atoms with E-state index in [0.29, 0.717) is 0 Å². The molecule has 0 aliphatic carbocycles. The number of carbonyl (C=O) groups is 1. The van der Waals surface area contributed by atoms with Crippen molar-refractivity contribution < 1.29 is 24.9 Å². The van der Waals surface area contributed by atoms with Gasteiger partial charge in [-0.2, -0.15) is 0 Å². The second kappa shape index (κ2) is 2.79. The Morgan fingerprint density at radius 1 is 1.45 bits per heavy atom. The second-order valence-corrected chi connectivity index (χ2v) is 2.14. The Hall–Kier alpha value is -1.23. The minimum absolute atomic E-state index is 0.0988. The molecule has 5 nitrogen and oxygen atoms in total. The van der Waals surface area contributed by atoms with Gasteiger partial charge in [-0.1, -0.05) is 0 Å². The molecule has 1 atom stereocenters. The van der Waals surface area contributed by atoms with Crippen LogP contribution in [0.5, 0.6) is 0 Å². The molecule has 0 aromatic heterocycles. The van der Waals surface area contributed by atoms with E-state index in [1.807, 2.05) is 0 Å². The van der Waals surface area contributed by atoms with Crippen molar-refractivity contribution in [1.29, 1.82) is 0 Å². The topological polar surface area (TPSA) is 87.0 Å². The van der Waals surface area contributed by atoms with Gasteiger partial charge in [0.25, 0.3) is 0 Å². The molecule has 11 heavy (non-hydrogen) atoms. The molecule has 3 N–H and O–H groups in total. The summed E-state index contributed by atoms with van der Waals surface area (Å²) in [6, 6.07) is 0. The lowest BCUT2D eigenvalue weighted by atomic mass is 10.2. The van der Waals surface area contributed by atoms with Crippen LogP contribution in [-0.2, 0) is 9.53 Å². The van der Waals surface area contributed by atoms with Crippen molar-refractivity contribution in [2.75, 3.05) is 6.61 Å². The molecule has 0 saturated carbocycles. The Bertz CT molecular complexity index is 207. The lowest BCUT2D eigenvalue weighted by Crippen LogP contribution is -2.13. The molecular weight excluding hydrogens is 152 g/mol. The zero-order chi connectivity index (χ0) is 8.43. The van der Waals surface area contributed by atoms with Crippen LogP contribution in [-0.4, -0.2) is 34.0 Å². The van der Waals surface area contributed by atoms with Gasteiger partial charge >= 0.3 is 5.97 Å². The van der Waals surface area contributed by atoms with Crippen molar-refractivity contribution in [2.45, 2.75) is 12.5 Å². The van der Waals surface area contributed by atoms with Gasteiger partial charge in [0.05, 0.1) is 0 Å². The van der Waals surface area contributed by atoms with E-state index in [9.17, 15) is 4.79 Å². The summed E-state index contributed by atoms with van der Waals surface area (Å²) in [5.74, 6) is -2.20. The molecule has 0 aromatic rings. The summed E-state index contributed by atoms with van der Waals surface area (Å²) in [6.45, 7) is -0.213. The minimum Gasteiger partial charge on any atom is -0.505 e. The molecule has 0 radical (unpaired) electrons. The standard InChI is InChI=1S/C6H8O5/c7-2-1-3-4(8)5(9)6(10)11-3/h3,7-9H,1-2H2. The maximum atomic E-state index is 10.5. The van der Waals surface area contributed by atoms with Crippen molar-refractivity contribution >= 4 is 5.97 Å². The number of cyclic esters (lactones) is 1. The quantitative estimate of drug-likeness (QED) is 0.479. The summed E-state index contributed by atoms with van der Waals surface area (Å²) in [6.07, 6.45) is -0.783. The van der Waals surface area contributed by atoms with Crippen LogP contribution >= 0.6 is 0 Å². The van der Waals surface area contributed by atoms with Crippen molar-refractivity contribution in [2.24, 2.45) is 0 Å². The highest BCUT2D eigenvalue weighted by atomic mass is 16.6. The van der Waals surface area contributed by atoms with Crippen LogP contribution < -0.4 is 0 Å². The summed E-state index contributed by atoms with van der Waals surface area (Å²) in [5, 5.41) is 26.1. The molecule has 0 amide bonds. The van der Waals surface area contributed by atoms with Gasteiger partial charge < -0.3 is 20.1 Å². The van der Waals surface area contributed by atoms with Crippen LogP contribution in [0, 0.1) is 0 Å².